The Morgan fingerprint density at radius 2 is 2.18 bits per heavy atom. The second kappa shape index (κ2) is 5.75. The van der Waals surface area contributed by atoms with Crippen molar-refractivity contribution in [1.82, 2.24) is 10.2 Å². The highest BCUT2D eigenvalue weighted by atomic mass is 35.5. The summed E-state index contributed by atoms with van der Waals surface area (Å²) >= 11 is 7.23. The van der Waals surface area contributed by atoms with Crippen LogP contribution in [0.15, 0.2) is 41.6 Å². The van der Waals surface area contributed by atoms with Gasteiger partial charge in [-0.05, 0) is 24.3 Å². The summed E-state index contributed by atoms with van der Waals surface area (Å²) in [5.74, 6) is 0.290. The van der Waals surface area contributed by atoms with E-state index in [1.165, 1.54) is 11.8 Å². The van der Waals surface area contributed by atoms with Gasteiger partial charge < -0.3 is 5.32 Å². The highest BCUT2D eigenvalue weighted by Gasteiger charge is 2.04. The van der Waals surface area contributed by atoms with E-state index in [1.807, 2.05) is 12.1 Å². The zero-order valence-corrected chi connectivity index (χ0v) is 10.4. The zero-order valence-electron chi connectivity index (χ0n) is 8.81. The molecule has 2 N–H and O–H groups in total. The molecule has 0 fully saturated rings. The Labute approximate surface area is 108 Å². The van der Waals surface area contributed by atoms with Crippen LogP contribution in [0.2, 0.25) is 5.02 Å². The Morgan fingerprint density at radius 1 is 1.41 bits per heavy atom. The number of hydrogen-bond acceptors (Lipinski definition) is 3. The van der Waals surface area contributed by atoms with Gasteiger partial charge in [0, 0.05) is 16.1 Å². The molecule has 0 atom stereocenters. The molecule has 1 aromatic heterocycles. The van der Waals surface area contributed by atoms with Gasteiger partial charge in [0.25, 0.3) is 0 Å². The van der Waals surface area contributed by atoms with Crippen LogP contribution in [0.4, 0.5) is 5.69 Å². The highest BCUT2D eigenvalue weighted by molar-refractivity contribution is 8.00. The smallest absolute Gasteiger partial charge is 0.234 e. The van der Waals surface area contributed by atoms with E-state index in [0.29, 0.717) is 16.5 Å². The molecule has 0 aliphatic carbocycles. The summed E-state index contributed by atoms with van der Waals surface area (Å²) in [5, 5.41) is 9.79. The van der Waals surface area contributed by atoms with Gasteiger partial charge in [-0.15, -0.1) is 11.8 Å². The van der Waals surface area contributed by atoms with Gasteiger partial charge >= 0.3 is 0 Å². The largest absolute Gasteiger partial charge is 0.323 e. The fraction of sp³-hybridized carbons (Fsp3) is 0.0909. The van der Waals surface area contributed by atoms with Crippen molar-refractivity contribution in [3.8, 4) is 0 Å². The number of carbonyl (C=O) groups excluding carboxylic acids is 1. The first kappa shape index (κ1) is 12.0. The first-order chi connectivity index (χ1) is 8.24. The first-order valence-electron chi connectivity index (χ1n) is 4.91. The average molecular weight is 268 g/mol. The fourth-order valence-electron chi connectivity index (χ4n) is 1.20. The minimum atomic E-state index is -0.0636. The third-order valence-electron chi connectivity index (χ3n) is 1.97. The molecule has 0 aliphatic heterocycles. The van der Waals surface area contributed by atoms with Crippen molar-refractivity contribution in [3.63, 3.8) is 0 Å². The molecule has 2 aromatic rings. The van der Waals surface area contributed by atoms with Crippen LogP contribution in [0.1, 0.15) is 0 Å². The lowest BCUT2D eigenvalue weighted by Gasteiger charge is -2.02. The van der Waals surface area contributed by atoms with Gasteiger partial charge in [0.15, 0.2) is 0 Å². The number of carbonyl (C=O) groups is 1. The van der Waals surface area contributed by atoms with Gasteiger partial charge in [0.2, 0.25) is 5.91 Å². The topological polar surface area (TPSA) is 57.8 Å². The normalized spacial score (nSPS) is 10.2. The van der Waals surface area contributed by atoms with E-state index in [1.54, 1.807) is 24.5 Å². The van der Waals surface area contributed by atoms with E-state index in [-0.39, 0.29) is 5.91 Å². The number of halogens is 1. The maximum Gasteiger partial charge on any atom is 0.234 e. The average Bonchev–Trinajstić information content (AvgIpc) is 2.81. The lowest BCUT2D eigenvalue weighted by molar-refractivity contribution is -0.113. The van der Waals surface area contributed by atoms with Gasteiger partial charge in [-0.1, -0.05) is 11.6 Å². The molecule has 0 unspecified atom stereocenters. The minimum Gasteiger partial charge on any atom is -0.323 e. The third kappa shape index (κ3) is 3.80. The number of aromatic nitrogens is 2. The van der Waals surface area contributed by atoms with Crippen molar-refractivity contribution < 1.29 is 4.79 Å². The van der Waals surface area contributed by atoms with Crippen molar-refractivity contribution in [1.29, 1.82) is 0 Å². The standard InChI is InChI=1S/C11H10ClN3OS/c12-8-1-3-10(4-2-8)17-7-11(16)15-9-5-13-14-6-9/h1-6H,7H2,(H,13,14)(H,15,16). The third-order valence-corrected chi connectivity index (χ3v) is 3.23. The number of amides is 1. The number of hydrogen-bond donors (Lipinski definition) is 2. The highest BCUT2D eigenvalue weighted by Crippen LogP contribution is 2.20. The Balaban J connectivity index is 1.82. The van der Waals surface area contributed by atoms with E-state index in [9.17, 15) is 4.79 Å². The number of thioether (sulfide) groups is 1. The van der Waals surface area contributed by atoms with Crippen LogP contribution in [0.5, 0.6) is 0 Å². The zero-order chi connectivity index (χ0) is 12.1. The second-order valence-corrected chi connectivity index (χ2v) is 4.76. The molecule has 0 aliphatic rings. The van der Waals surface area contributed by atoms with E-state index in [0.717, 1.165) is 4.90 Å². The van der Waals surface area contributed by atoms with Crippen LogP contribution in [0.3, 0.4) is 0 Å². The van der Waals surface area contributed by atoms with Crippen LogP contribution in [0, 0.1) is 0 Å². The predicted octanol–water partition coefficient (Wildman–Crippen LogP) is 2.79. The summed E-state index contributed by atoms with van der Waals surface area (Å²) in [5.41, 5.74) is 0.673. The monoisotopic (exact) mass is 267 g/mol. The van der Waals surface area contributed by atoms with Crippen LogP contribution in [-0.4, -0.2) is 21.9 Å². The lowest BCUT2D eigenvalue weighted by atomic mass is 10.4. The summed E-state index contributed by atoms with van der Waals surface area (Å²) in [6.45, 7) is 0. The van der Waals surface area contributed by atoms with Gasteiger partial charge in [-0.3, -0.25) is 9.89 Å². The summed E-state index contributed by atoms with van der Waals surface area (Å²) in [7, 11) is 0. The minimum absolute atomic E-state index is 0.0636. The van der Waals surface area contributed by atoms with E-state index in [4.69, 9.17) is 11.6 Å². The van der Waals surface area contributed by atoms with Crippen molar-refractivity contribution in [2.45, 2.75) is 4.90 Å². The molecular weight excluding hydrogens is 258 g/mol. The molecule has 6 heteroatoms. The SMILES string of the molecule is O=C(CSc1ccc(Cl)cc1)Nc1cn[nH]c1. The van der Waals surface area contributed by atoms with Crippen molar-refractivity contribution in [2.24, 2.45) is 0 Å². The summed E-state index contributed by atoms with van der Waals surface area (Å²) in [6, 6.07) is 7.38. The molecule has 2 rings (SSSR count). The van der Waals surface area contributed by atoms with Crippen LogP contribution < -0.4 is 5.32 Å². The molecule has 1 amide bonds. The molecule has 0 saturated carbocycles. The molecular formula is C11H10ClN3OS. The molecule has 88 valence electrons. The first-order valence-corrected chi connectivity index (χ1v) is 6.27. The number of aromatic amines is 1. The Morgan fingerprint density at radius 3 is 2.82 bits per heavy atom. The molecule has 1 aromatic carbocycles. The number of nitrogens with zero attached hydrogens (tertiary/aromatic N) is 1. The predicted molar refractivity (Wildman–Crippen MR) is 69.4 cm³/mol. The number of anilines is 1. The van der Waals surface area contributed by atoms with Crippen LogP contribution >= 0.6 is 23.4 Å². The Hall–Kier alpha value is -1.46. The van der Waals surface area contributed by atoms with Gasteiger partial charge in [0.05, 0.1) is 17.6 Å². The van der Waals surface area contributed by atoms with Crippen molar-refractivity contribution in [3.05, 3.63) is 41.7 Å². The van der Waals surface area contributed by atoms with E-state index in [2.05, 4.69) is 15.5 Å². The Bertz CT molecular complexity index is 484. The van der Waals surface area contributed by atoms with Crippen LogP contribution in [0.25, 0.3) is 0 Å². The molecule has 4 nitrogen and oxygen atoms in total. The summed E-state index contributed by atoms with van der Waals surface area (Å²) in [6.07, 6.45) is 3.19. The maximum atomic E-state index is 11.6. The molecule has 0 radical (unpaired) electrons. The Kier molecular flexibility index (Phi) is 4.06. The lowest BCUT2D eigenvalue weighted by Crippen LogP contribution is -2.13. The number of rotatable bonds is 4. The summed E-state index contributed by atoms with van der Waals surface area (Å²) < 4.78 is 0. The maximum absolute atomic E-state index is 11.6. The molecule has 1 heterocycles. The van der Waals surface area contributed by atoms with Crippen molar-refractivity contribution >= 4 is 35.0 Å². The number of nitrogens with one attached hydrogen (secondary N) is 2. The van der Waals surface area contributed by atoms with Crippen LogP contribution in [-0.2, 0) is 4.79 Å². The van der Waals surface area contributed by atoms with E-state index >= 15 is 0 Å². The van der Waals surface area contributed by atoms with Gasteiger partial charge in [-0.25, -0.2) is 0 Å². The molecule has 17 heavy (non-hydrogen) atoms. The number of benzene rings is 1. The molecule has 0 bridgehead atoms. The fourth-order valence-corrected chi connectivity index (χ4v) is 2.02. The van der Waals surface area contributed by atoms with Gasteiger partial charge in [-0.2, -0.15) is 5.10 Å². The van der Waals surface area contributed by atoms with E-state index < -0.39 is 0 Å². The molecule has 0 spiro atoms. The molecule has 0 saturated heterocycles. The quantitative estimate of drug-likeness (QED) is 0.838. The van der Waals surface area contributed by atoms with Gasteiger partial charge in [0.1, 0.15) is 0 Å². The summed E-state index contributed by atoms with van der Waals surface area (Å²) in [4.78, 5) is 12.6. The number of H-pyrrole nitrogens is 1. The second-order valence-electron chi connectivity index (χ2n) is 3.28. The van der Waals surface area contributed by atoms with Crippen molar-refractivity contribution in [2.75, 3.05) is 11.1 Å².